The van der Waals surface area contributed by atoms with Crippen molar-refractivity contribution in [2.24, 2.45) is 0 Å². The summed E-state index contributed by atoms with van der Waals surface area (Å²) in [7, 11) is -0.733. The van der Waals surface area contributed by atoms with Crippen molar-refractivity contribution in [3.05, 3.63) is 64.8 Å². The molecule has 1 saturated heterocycles. The second-order valence-electron chi connectivity index (χ2n) is 6.69. The Balaban J connectivity index is 1.57. The van der Waals surface area contributed by atoms with Gasteiger partial charge in [-0.25, -0.2) is 12.7 Å². The van der Waals surface area contributed by atoms with E-state index in [1.807, 2.05) is 0 Å². The lowest BCUT2D eigenvalue weighted by molar-refractivity contribution is -0.122. The van der Waals surface area contributed by atoms with Crippen LogP contribution in [-0.4, -0.2) is 66.8 Å². The van der Waals surface area contributed by atoms with Crippen LogP contribution in [0.2, 0.25) is 0 Å². The first-order valence-corrected chi connectivity index (χ1v) is 11.4. The summed E-state index contributed by atoms with van der Waals surface area (Å²) in [6.45, 7) is 0.0860. The van der Waals surface area contributed by atoms with Crippen molar-refractivity contribution < 1.29 is 22.8 Å². The Morgan fingerprint density at radius 2 is 1.90 bits per heavy atom. The standard InChI is InChI=1S/C20H20N4O5S2/c1-23(2)31(28,29)16-7-5-15(6-8-16)18(25)22-10-11-24-19(26)17(30-20(24)27)12-14-4-3-9-21-13-14/h3-9,12-13H,10-11H2,1-2H3,(H,22,25)/b17-12-. The summed E-state index contributed by atoms with van der Waals surface area (Å²) in [4.78, 5) is 42.3. The van der Waals surface area contributed by atoms with Crippen LogP contribution in [-0.2, 0) is 14.8 Å². The third-order valence-corrected chi connectivity index (χ3v) is 7.11. The molecule has 0 bridgehead atoms. The third-order valence-electron chi connectivity index (χ3n) is 4.37. The van der Waals surface area contributed by atoms with Crippen LogP contribution in [0.25, 0.3) is 6.08 Å². The van der Waals surface area contributed by atoms with Crippen LogP contribution < -0.4 is 5.32 Å². The van der Waals surface area contributed by atoms with Gasteiger partial charge in [-0.1, -0.05) is 6.07 Å². The van der Waals surface area contributed by atoms with Gasteiger partial charge in [0.25, 0.3) is 17.1 Å². The number of amides is 3. The molecule has 1 N–H and O–H groups in total. The maximum atomic E-state index is 12.5. The molecule has 1 aromatic carbocycles. The molecule has 31 heavy (non-hydrogen) atoms. The molecule has 3 amide bonds. The summed E-state index contributed by atoms with van der Waals surface area (Å²) in [6, 6.07) is 9.02. The molecule has 1 fully saturated rings. The number of sulfonamides is 1. The zero-order chi connectivity index (χ0) is 22.6. The van der Waals surface area contributed by atoms with Crippen molar-refractivity contribution in [1.29, 1.82) is 0 Å². The zero-order valence-corrected chi connectivity index (χ0v) is 18.4. The molecular weight excluding hydrogens is 440 g/mol. The first kappa shape index (κ1) is 22.7. The maximum absolute atomic E-state index is 12.5. The van der Waals surface area contributed by atoms with Crippen LogP contribution in [0.5, 0.6) is 0 Å². The monoisotopic (exact) mass is 460 g/mol. The van der Waals surface area contributed by atoms with Crippen LogP contribution in [0.4, 0.5) is 4.79 Å². The van der Waals surface area contributed by atoms with Gasteiger partial charge in [-0.2, -0.15) is 0 Å². The van der Waals surface area contributed by atoms with Gasteiger partial charge in [0.15, 0.2) is 0 Å². The largest absolute Gasteiger partial charge is 0.350 e. The van der Waals surface area contributed by atoms with Crippen LogP contribution in [0.3, 0.4) is 0 Å². The van der Waals surface area contributed by atoms with Gasteiger partial charge in [-0.15, -0.1) is 0 Å². The van der Waals surface area contributed by atoms with Gasteiger partial charge in [0, 0.05) is 45.1 Å². The highest BCUT2D eigenvalue weighted by Crippen LogP contribution is 2.31. The Kier molecular flexibility index (Phi) is 6.88. The van der Waals surface area contributed by atoms with Crippen LogP contribution in [0.15, 0.2) is 58.6 Å². The average molecular weight is 461 g/mol. The number of pyridine rings is 1. The highest BCUT2D eigenvalue weighted by molar-refractivity contribution is 8.18. The third kappa shape index (κ3) is 5.19. The molecule has 2 heterocycles. The second kappa shape index (κ2) is 9.41. The van der Waals surface area contributed by atoms with E-state index in [0.717, 1.165) is 21.0 Å². The minimum Gasteiger partial charge on any atom is -0.350 e. The molecular formula is C20H20N4O5S2. The van der Waals surface area contributed by atoms with E-state index >= 15 is 0 Å². The number of imide groups is 1. The quantitative estimate of drug-likeness (QED) is 0.626. The molecule has 2 aromatic rings. The van der Waals surface area contributed by atoms with E-state index in [-0.39, 0.29) is 23.5 Å². The Hall–Kier alpha value is -3.02. The van der Waals surface area contributed by atoms with Gasteiger partial charge < -0.3 is 5.32 Å². The van der Waals surface area contributed by atoms with Crippen LogP contribution in [0, 0.1) is 0 Å². The van der Waals surface area contributed by atoms with Crippen molar-refractivity contribution in [3.8, 4) is 0 Å². The Morgan fingerprint density at radius 1 is 1.19 bits per heavy atom. The number of rotatable bonds is 7. The molecule has 9 nitrogen and oxygen atoms in total. The summed E-state index contributed by atoms with van der Waals surface area (Å²) in [6.07, 6.45) is 4.80. The number of hydrogen-bond donors (Lipinski definition) is 1. The van der Waals surface area contributed by atoms with E-state index in [0.29, 0.717) is 10.5 Å². The molecule has 0 unspecified atom stereocenters. The summed E-state index contributed by atoms with van der Waals surface area (Å²) < 4.78 is 25.2. The first-order chi connectivity index (χ1) is 14.7. The highest BCUT2D eigenvalue weighted by atomic mass is 32.2. The normalized spacial score (nSPS) is 15.7. The molecule has 1 aromatic heterocycles. The predicted molar refractivity (Wildman–Crippen MR) is 117 cm³/mol. The van der Waals surface area contributed by atoms with Gasteiger partial charge in [-0.05, 0) is 53.7 Å². The Morgan fingerprint density at radius 3 is 2.52 bits per heavy atom. The summed E-state index contributed by atoms with van der Waals surface area (Å²) >= 11 is 0.835. The molecule has 0 aliphatic carbocycles. The molecule has 0 spiro atoms. The average Bonchev–Trinajstić information content (AvgIpc) is 3.01. The smallest absolute Gasteiger partial charge is 0.293 e. The number of nitrogens with one attached hydrogen (secondary N) is 1. The minimum atomic E-state index is -3.58. The maximum Gasteiger partial charge on any atom is 0.293 e. The van der Waals surface area contributed by atoms with Gasteiger partial charge in [0.1, 0.15) is 0 Å². The SMILES string of the molecule is CN(C)S(=O)(=O)c1ccc(C(=O)NCCN2C(=O)S/C(=C\c3cccnc3)C2=O)cc1. The number of carbonyl (C=O) groups excluding carboxylic acids is 3. The number of nitrogens with zero attached hydrogens (tertiary/aromatic N) is 3. The molecule has 11 heteroatoms. The fourth-order valence-electron chi connectivity index (χ4n) is 2.68. The first-order valence-electron chi connectivity index (χ1n) is 9.16. The molecule has 0 saturated carbocycles. The van der Waals surface area contributed by atoms with E-state index in [4.69, 9.17) is 0 Å². The van der Waals surface area contributed by atoms with Gasteiger partial charge in [0.2, 0.25) is 10.0 Å². The van der Waals surface area contributed by atoms with Crippen molar-refractivity contribution in [2.45, 2.75) is 4.90 Å². The van der Waals surface area contributed by atoms with Crippen LogP contribution in [0.1, 0.15) is 15.9 Å². The molecule has 1 aliphatic rings. The Labute approximate surface area is 184 Å². The molecule has 162 valence electrons. The van der Waals surface area contributed by atoms with Crippen molar-refractivity contribution in [3.63, 3.8) is 0 Å². The fourth-order valence-corrected chi connectivity index (χ4v) is 4.44. The number of carbonyl (C=O) groups is 3. The van der Waals surface area contributed by atoms with Gasteiger partial charge >= 0.3 is 0 Å². The molecule has 1 aliphatic heterocycles. The lowest BCUT2D eigenvalue weighted by Crippen LogP contribution is -2.37. The lowest BCUT2D eigenvalue weighted by Gasteiger charge is -2.13. The van der Waals surface area contributed by atoms with Gasteiger partial charge in [-0.3, -0.25) is 24.3 Å². The zero-order valence-electron chi connectivity index (χ0n) is 16.8. The number of aromatic nitrogens is 1. The van der Waals surface area contributed by atoms with E-state index in [1.54, 1.807) is 30.6 Å². The molecule has 3 rings (SSSR count). The van der Waals surface area contributed by atoms with Crippen molar-refractivity contribution in [2.75, 3.05) is 27.2 Å². The topological polar surface area (TPSA) is 117 Å². The second-order valence-corrected chi connectivity index (χ2v) is 9.83. The predicted octanol–water partition coefficient (Wildman–Crippen LogP) is 1.80. The molecule has 0 atom stereocenters. The minimum absolute atomic E-state index is 0.0217. The number of hydrogen-bond acceptors (Lipinski definition) is 7. The van der Waals surface area contributed by atoms with E-state index in [2.05, 4.69) is 10.3 Å². The fraction of sp³-hybridized carbons (Fsp3) is 0.200. The number of thioether (sulfide) groups is 1. The Bertz CT molecular complexity index is 1130. The molecule has 0 radical (unpaired) electrons. The van der Waals surface area contributed by atoms with Crippen molar-refractivity contribution >= 4 is 44.9 Å². The van der Waals surface area contributed by atoms with Gasteiger partial charge in [0.05, 0.1) is 9.80 Å². The summed E-state index contributed by atoms with van der Waals surface area (Å²) in [5, 5.41) is 2.22. The van der Waals surface area contributed by atoms with E-state index in [9.17, 15) is 22.8 Å². The summed E-state index contributed by atoms with van der Waals surface area (Å²) in [5.74, 6) is -0.863. The van der Waals surface area contributed by atoms with Crippen LogP contribution >= 0.6 is 11.8 Å². The number of benzene rings is 1. The highest BCUT2D eigenvalue weighted by Gasteiger charge is 2.34. The van der Waals surface area contributed by atoms with E-state index in [1.165, 1.54) is 38.4 Å². The van der Waals surface area contributed by atoms with E-state index < -0.39 is 27.1 Å². The lowest BCUT2D eigenvalue weighted by atomic mass is 10.2. The summed E-state index contributed by atoms with van der Waals surface area (Å²) in [5.41, 5.74) is 0.976. The van der Waals surface area contributed by atoms with Crippen molar-refractivity contribution in [1.82, 2.24) is 19.5 Å².